The second-order valence-electron chi connectivity index (χ2n) is 7.16. The molecule has 5 aromatic rings. The van der Waals surface area contributed by atoms with E-state index in [0.717, 1.165) is 23.2 Å². The number of aromatic amines is 1. The molecule has 0 bridgehead atoms. The van der Waals surface area contributed by atoms with E-state index in [1.807, 2.05) is 35.9 Å². The van der Waals surface area contributed by atoms with Crippen molar-refractivity contribution in [3.8, 4) is 0 Å². The lowest BCUT2D eigenvalue weighted by atomic mass is 10.1. The molecule has 11 heteroatoms. The number of anilines is 3. The Labute approximate surface area is 179 Å². The lowest BCUT2D eigenvalue weighted by Crippen LogP contribution is -2.09. The number of nitrogens with one attached hydrogen (secondary N) is 3. The van der Waals surface area contributed by atoms with Crippen molar-refractivity contribution in [3.05, 3.63) is 66.0 Å². The Hall–Kier alpha value is -4.15. The molecule has 0 radical (unpaired) electrons. The Morgan fingerprint density at radius 2 is 1.88 bits per heavy atom. The second-order valence-corrected chi connectivity index (χ2v) is 7.16. The highest BCUT2D eigenvalue weighted by Crippen LogP contribution is 2.30. The minimum atomic E-state index is -4.40. The van der Waals surface area contributed by atoms with E-state index in [4.69, 9.17) is 0 Å². The number of aryl methyl sites for hydroxylation is 1. The first-order valence-corrected chi connectivity index (χ1v) is 9.68. The molecule has 0 saturated carbocycles. The molecular formula is C21H17F3N8. The number of H-pyrrole nitrogens is 1. The maximum atomic E-state index is 13.0. The summed E-state index contributed by atoms with van der Waals surface area (Å²) in [7, 11) is 1.87. The molecule has 3 N–H and O–H groups in total. The predicted molar refractivity (Wildman–Crippen MR) is 114 cm³/mol. The molecule has 0 fully saturated rings. The maximum Gasteiger partial charge on any atom is 0.416 e. The Morgan fingerprint density at radius 1 is 1.03 bits per heavy atom. The zero-order valence-electron chi connectivity index (χ0n) is 16.8. The zero-order chi connectivity index (χ0) is 22.3. The minimum absolute atomic E-state index is 0.140. The van der Waals surface area contributed by atoms with Gasteiger partial charge in [-0.2, -0.15) is 23.1 Å². The lowest BCUT2D eigenvalue weighted by molar-refractivity contribution is -0.137. The van der Waals surface area contributed by atoms with Gasteiger partial charge in [-0.3, -0.25) is 5.32 Å². The van der Waals surface area contributed by atoms with Crippen molar-refractivity contribution in [2.45, 2.75) is 12.7 Å². The van der Waals surface area contributed by atoms with Gasteiger partial charge in [0, 0.05) is 13.6 Å². The highest BCUT2D eigenvalue weighted by Gasteiger charge is 2.30. The van der Waals surface area contributed by atoms with Crippen LogP contribution in [0.4, 0.5) is 30.9 Å². The van der Waals surface area contributed by atoms with Crippen molar-refractivity contribution in [2.24, 2.45) is 7.05 Å². The Kier molecular flexibility index (Phi) is 4.65. The van der Waals surface area contributed by atoms with E-state index in [0.29, 0.717) is 28.5 Å². The van der Waals surface area contributed by atoms with Crippen LogP contribution in [0.5, 0.6) is 0 Å². The summed E-state index contributed by atoms with van der Waals surface area (Å²) in [5, 5.41) is 6.18. The van der Waals surface area contributed by atoms with E-state index >= 15 is 0 Å². The Morgan fingerprint density at radius 3 is 2.69 bits per heavy atom. The maximum absolute atomic E-state index is 13.0. The molecule has 0 aliphatic rings. The van der Waals surface area contributed by atoms with Crippen LogP contribution >= 0.6 is 0 Å². The van der Waals surface area contributed by atoms with Gasteiger partial charge in [-0.25, -0.2) is 9.97 Å². The number of para-hydroxylation sites is 2. The quantitative estimate of drug-likeness (QED) is 0.371. The summed E-state index contributed by atoms with van der Waals surface area (Å²) in [6, 6.07) is 12.8. The van der Waals surface area contributed by atoms with Crippen LogP contribution in [0.3, 0.4) is 0 Å². The number of halogens is 3. The van der Waals surface area contributed by atoms with Gasteiger partial charge in [0.15, 0.2) is 11.5 Å². The summed E-state index contributed by atoms with van der Waals surface area (Å²) in [5.74, 6) is 1.21. The average Bonchev–Trinajstić information content (AvgIpc) is 3.37. The number of aromatic nitrogens is 6. The van der Waals surface area contributed by atoms with Crippen molar-refractivity contribution in [1.82, 2.24) is 29.5 Å². The summed E-state index contributed by atoms with van der Waals surface area (Å²) in [5.41, 5.74) is 2.49. The summed E-state index contributed by atoms with van der Waals surface area (Å²) >= 11 is 0. The van der Waals surface area contributed by atoms with Gasteiger partial charge in [0.2, 0.25) is 11.9 Å². The molecule has 0 aliphatic heterocycles. The van der Waals surface area contributed by atoms with Gasteiger partial charge in [-0.15, -0.1) is 0 Å². The van der Waals surface area contributed by atoms with E-state index in [-0.39, 0.29) is 12.5 Å². The van der Waals surface area contributed by atoms with Gasteiger partial charge in [-0.1, -0.05) is 24.3 Å². The van der Waals surface area contributed by atoms with Gasteiger partial charge >= 0.3 is 6.18 Å². The fourth-order valence-corrected chi connectivity index (χ4v) is 3.42. The standard InChI is InChI=1S/C21H17F3N8/c1-32-15-8-3-2-7-14(15)28-20(32)31-19-29-17(16-18(30-19)27-11-26-16)25-10-12-5-4-6-13(9-12)21(22,23)24/h2-9,11H,10H2,1H3,(H3,25,26,27,28,29,30,31). The van der Waals surface area contributed by atoms with Gasteiger partial charge < -0.3 is 14.9 Å². The number of alkyl halides is 3. The van der Waals surface area contributed by atoms with Gasteiger partial charge in [0.25, 0.3) is 0 Å². The molecule has 8 nitrogen and oxygen atoms in total. The highest BCUT2D eigenvalue weighted by atomic mass is 19.4. The monoisotopic (exact) mass is 438 g/mol. The second kappa shape index (κ2) is 7.52. The lowest BCUT2D eigenvalue weighted by Gasteiger charge is -2.11. The molecule has 0 amide bonds. The fraction of sp³-hybridized carbons (Fsp3) is 0.143. The van der Waals surface area contributed by atoms with Crippen LogP contribution in [-0.2, 0) is 19.8 Å². The number of nitrogens with zero attached hydrogens (tertiary/aromatic N) is 5. The molecule has 0 unspecified atom stereocenters. The average molecular weight is 438 g/mol. The molecule has 0 spiro atoms. The number of imidazole rings is 2. The van der Waals surface area contributed by atoms with Crippen LogP contribution in [0.25, 0.3) is 22.2 Å². The molecule has 3 aromatic heterocycles. The normalized spacial score (nSPS) is 11.9. The molecule has 2 aromatic carbocycles. The number of rotatable bonds is 5. The van der Waals surface area contributed by atoms with E-state index in [1.54, 1.807) is 6.07 Å². The van der Waals surface area contributed by atoms with E-state index in [1.165, 1.54) is 12.4 Å². The number of hydrogen-bond acceptors (Lipinski definition) is 6. The van der Waals surface area contributed by atoms with E-state index in [2.05, 4.69) is 35.6 Å². The van der Waals surface area contributed by atoms with Crippen molar-refractivity contribution in [2.75, 3.05) is 10.6 Å². The third-order valence-electron chi connectivity index (χ3n) is 5.01. The highest BCUT2D eigenvalue weighted by molar-refractivity contribution is 5.84. The van der Waals surface area contributed by atoms with Crippen molar-refractivity contribution in [1.29, 1.82) is 0 Å². The SMILES string of the molecule is Cn1c(Nc2nc(NCc3cccc(C(F)(F)F)c3)c3[nH]cnc3n2)nc2ccccc21. The van der Waals surface area contributed by atoms with Crippen LogP contribution in [0.2, 0.25) is 0 Å². The molecule has 0 atom stereocenters. The van der Waals surface area contributed by atoms with Gasteiger partial charge in [-0.05, 0) is 29.8 Å². The van der Waals surface area contributed by atoms with Crippen molar-refractivity contribution >= 4 is 39.9 Å². The molecule has 5 rings (SSSR count). The van der Waals surface area contributed by atoms with E-state index in [9.17, 15) is 13.2 Å². The molecule has 3 heterocycles. The molecular weight excluding hydrogens is 421 g/mol. The fourth-order valence-electron chi connectivity index (χ4n) is 3.42. The summed E-state index contributed by atoms with van der Waals surface area (Å²) < 4.78 is 40.9. The molecule has 32 heavy (non-hydrogen) atoms. The summed E-state index contributed by atoms with van der Waals surface area (Å²) in [4.78, 5) is 20.6. The zero-order valence-corrected chi connectivity index (χ0v) is 16.8. The van der Waals surface area contributed by atoms with Crippen LogP contribution < -0.4 is 10.6 Å². The number of fused-ring (bicyclic) bond motifs is 2. The van der Waals surface area contributed by atoms with Crippen LogP contribution in [-0.4, -0.2) is 29.5 Å². The smallest absolute Gasteiger partial charge is 0.364 e. The summed E-state index contributed by atoms with van der Waals surface area (Å²) in [6.07, 6.45) is -2.92. The van der Waals surface area contributed by atoms with Crippen LogP contribution in [0, 0.1) is 0 Å². The number of benzene rings is 2. The van der Waals surface area contributed by atoms with Crippen LogP contribution in [0.15, 0.2) is 54.9 Å². The molecule has 0 aliphatic carbocycles. The van der Waals surface area contributed by atoms with Crippen molar-refractivity contribution in [3.63, 3.8) is 0 Å². The first-order chi connectivity index (χ1) is 15.4. The predicted octanol–water partition coefficient (Wildman–Crippen LogP) is 4.61. The first-order valence-electron chi connectivity index (χ1n) is 9.68. The first kappa shape index (κ1) is 19.8. The summed E-state index contributed by atoms with van der Waals surface area (Å²) in [6.45, 7) is 0.140. The molecule has 162 valence electrons. The Balaban J connectivity index is 1.44. The van der Waals surface area contributed by atoms with Gasteiger partial charge in [0.05, 0.1) is 22.9 Å². The Bertz CT molecular complexity index is 1420. The minimum Gasteiger partial charge on any atom is -0.364 e. The third kappa shape index (κ3) is 3.68. The topological polar surface area (TPSA) is 96.3 Å². The van der Waals surface area contributed by atoms with Crippen LogP contribution in [0.1, 0.15) is 11.1 Å². The van der Waals surface area contributed by atoms with E-state index < -0.39 is 11.7 Å². The largest absolute Gasteiger partial charge is 0.416 e. The van der Waals surface area contributed by atoms with Gasteiger partial charge in [0.1, 0.15) is 5.52 Å². The van der Waals surface area contributed by atoms with Crippen molar-refractivity contribution < 1.29 is 13.2 Å². The number of hydrogen-bond donors (Lipinski definition) is 3. The molecule has 0 saturated heterocycles. The third-order valence-corrected chi connectivity index (χ3v) is 5.01.